The molecule has 1 saturated heterocycles. The fraction of sp³-hybridized carbons (Fsp3) is 0.400. The Balaban J connectivity index is 1.65. The number of anilines is 1. The van der Waals surface area contributed by atoms with E-state index >= 15 is 0 Å². The molecule has 0 radical (unpaired) electrons. The number of carbonyl (C=O) groups is 1. The summed E-state index contributed by atoms with van der Waals surface area (Å²) in [5.74, 6) is -2.41. The Morgan fingerprint density at radius 1 is 1.36 bits per heavy atom. The molecule has 13 heteroatoms. The molecule has 33 heavy (non-hydrogen) atoms. The maximum absolute atomic E-state index is 14.9. The van der Waals surface area contributed by atoms with Gasteiger partial charge in [0.15, 0.2) is 11.3 Å². The Bertz CT molecular complexity index is 1080. The average molecular weight is 485 g/mol. The van der Waals surface area contributed by atoms with Gasteiger partial charge in [-0.1, -0.05) is 11.8 Å². The van der Waals surface area contributed by atoms with Crippen LogP contribution in [0.3, 0.4) is 0 Å². The van der Waals surface area contributed by atoms with Crippen molar-refractivity contribution in [1.82, 2.24) is 9.97 Å². The number of thioether (sulfide) groups is 1. The fourth-order valence-corrected chi connectivity index (χ4v) is 4.91. The summed E-state index contributed by atoms with van der Waals surface area (Å²) in [6.45, 7) is 1.65. The quantitative estimate of drug-likeness (QED) is 0.626. The number of aliphatic imine (C=N–C) groups is 1. The number of fused-ring (bicyclic) bond motifs is 1. The summed E-state index contributed by atoms with van der Waals surface area (Å²) in [7, 11) is 0. The molecule has 0 bridgehead atoms. The van der Waals surface area contributed by atoms with Gasteiger partial charge in [0.05, 0.1) is 25.6 Å². The van der Waals surface area contributed by atoms with Crippen molar-refractivity contribution in [1.29, 1.82) is 0 Å². The first-order valence-corrected chi connectivity index (χ1v) is 10.9. The SMILES string of the molecule is CCOc1cnc(C(=O)Nc2ccc(F)c([C@]34CO[C@H](C(F)(F)F)C3CSC(N)=N4)c2)cn1. The van der Waals surface area contributed by atoms with Crippen LogP contribution in [0.25, 0.3) is 0 Å². The lowest BCUT2D eigenvalue weighted by Gasteiger charge is -2.36. The molecule has 1 unspecified atom stereocenters. The summed E-state index contributed by atoms with van der Waals surface area (Å²) in [4.78, 5) is 24.7. The molecule has 1 aromatic heterocycles. The number of amides is 1. The summed E-state index contributed by atoms with van der Waals surface area (Å²) in [6, 6.07) is 3.58. The van der Waals surface area contributed by atoms with E-state index in [1.807, 2.05) is 0 Å². The van der Waals surface area contributed by atoms with Crippen molar-refractivity contribution in [3.05, 3.63) is 47.7 Å². The number of nitrogens with two attached hydrogens (primary N) is 1. The summed E-state index contributed by atoms with van der Waals surface area (Å²) >= 11 is 0.960. The number of aromatic nitrogens is 2. The fourth-order valence-electron chi connectivity index (χ4n) is 3.88. The van der Waals surface area contributed by atoms with Crippen molar-refractivity contribution < 1.29 is 31.8 Å². The van der Waals surface area contributed by atoms with Gasteiger partial charge in [-0.15, -0.1) is 0 Å². The van der Waals surface area contributed by atoms with Crippen LogP contribution in [-0.2, 0) is 10.3 Å². The number of halogens is 4. The number of ether oxygens (including phenoxy) is 2. The van der Waals surface area contributed by atoms with Gasteiger partial charge in [0.1, 0.15) is 17.1 Å². The maximum Gasteiger partial charge on any atom is 0.415 e. The lowest BCUT2D eigenvalue weighted by atomic mass is 9.78. The molecular weight excluding hydrogens is 466 g/mol. The third-order valence-electron chi connectivity index (χ3n) is 5.35. The Morgan fingerprint density at radius 2 is 2.15 bits per heavy atom. The Labute approximate surface area is 190 Å². The predicted molar refractivity (Wildman–Crippen MR) is 113 cm³/mol. The maximum atomic E-state index is 14.9. The summed E-state index contributed by atoms with van der Waals surface area (Å²) in [5.41, 5.74) is 4.11. The van der Waals surface area contributed by atoms with Crippen LogP contribution in [0.4, 0.5) is 23.2 Å². The molecule has 3 N–H and O–H groups in total. The molecular formula is C20H19F4N5O3S. The molecule has 1 amide bonds. The van der Waals surface area contributed by atoms with Crippen molar-refractivity contribution >= 4 is 28.5 Å². The average Bonchev–Trinajstić information content (AvgIpc) is 3.15. The van der Waals surface area contributed by atoms with Crippen LogP contribution in [0.15, 0.2) is 35.6 Å². The second kappa shape index (κ2) is 8.78. The van der Waals surface area contributed by atoms with E-state index in [9.17, 15) is 22.4 Å². The number of benzene rings is 1. The van der Waals surface area contributed by atoms with E-state index in [0.717, 1.165) is 17.8 Å². The third kappa shape index (κ3) is 4.47. The van der Waals surface area contributed by atoms with E-state index in [1.54, 1.807) is 6.92 Å². The van der Waals surface area contributed by atoms with Crippen LogP contribution in [0.5, 0.6) is 5.88 Å². The Morgan fingerprint density at radius 3 is 2.82 bits per heavy atom. The van der Waals surface area contributed by atoms with Crippen LogP contribution in [-0.4, -0.2) is 52.3 Å². The highest BCUT2D eigenvalue weighted by atomic mass is 32.2. The molecule has 0 saturated carbocycles. The van der Waals surface area contributed by atoms with Crippen molar-refractivity contribution in [2.45, 2.75) is 24.7 Å². The molecule has 4 rings (SSSR count). The zero-order chi connectivity index (χ0) is 23.8. The standard InChI is InChI=1S/C20H19F4N5O3S/c1-2-31-15-7-26-14(6-27-15)17(30)28-10-3-4-13(21)11(5-10)19-9-32-16(20(22,23)24)12(19)8-33-18(25)29-19/h3-7,12,16H,2,8-9H2,1H3,(H2,25,29)(H,28,30)/t12?,16-,19+/m0/s1. The molecule has 2 aromatic rings. The van der Waals surface area contributed by atoms with Crippen LogP contribution >= 0.6 is 11.8 Å². The van der Waals surface area contributed by atoms with E-state index in [0.29, 0.717) is 6.61 Å². The minimum atomic E-state index is -4.65. The Hall–Kier alpha value is -2.93. The number of nitrogens with zero attached hydrogens (tertiary/aromatic N) is 3. The lowest BCUT2D eigenvalue weighted by molar-refractivity contribution is -0.215. The van der Waals surface area contributed by atoms with Crippen molar-refractivity contribution in [3.63, 3.8) is 0 Å². The highest BCUT2D eigenvalue weighted by molar-refractivity contribution is 8.13. The van der Waals surface area contributed by atoms with Gasteiger partial charge in [-0.25, -0.2) is 19.4 Å². The minimum absolute atomic E-state index is 0.0296. The van der Waals surface area contributed by atoms with Crippen LogP contribution in [0, 0.1) is 11.7 Å². The summed E-state index contributed by atoms with van der Waals surface area (Å²) in [5, 5.41) is 2.59. The molecule has 8 nitrogen and oxygen atoms in total. The van der Waals surface area contributed by atoms with Crippen molar-refractivity contribution in [2.24, 2.45) is 16.6 Å². The van der Waals surface area contributed by atoms with Gasteiger partial charge in [0.2, 0.25) is 5.88 Å². The van der Waals surface area contributed by atoms with Gasteiger partial charge in [-0.3, -0.25) is 4.79 Å². The molecule has 3 heterocycles. The lowest BCUT2D eigenvalue weighted by Crippen LogP contribution is -2.46. The first kappa shape index (κ1) is 23.2. The zero-order valence-electron chi connectivity index (χ0n) is 17.2. The highest BCUT2D eigenvalue weighted by Crippen LogP contribution is 2.52. The normalized spacial score (nSPS) is 24.7. The van der Waals surface area contributed by atoms with Crippen molar-refractivity contribution in [2.75, 3.05) is 24.3 Å². The number of alkyl halides is 3. The monoisotopic (exact) mass is 485 g/mol. The van der Waals surface area contributed by atoms with Crippen LogP contribution in [0.2, 0.25) is 0 Å². The summed E-state index contributed by atoms with van der Waals surface area (Å²) < 4.78 is 65.8. The van der Waals surface area contributed by atoms with Gasteiger partial charge in [-0.05, 0) is 25.1 Å². The smallest absolute Gasteiger partial charge is 0.415 e. The second-order valence-corrected chi connectivity index (χ2v) is 8.43. The Kier molecular flexibility index (Phi) is 6.18. The molecule has 1 aromatic carbocycles. The van der Waals surface area contributed by atoms with E-state index in [4.69, 9.17) is 15.2 Å². The molecule has 1 fully saturated rings. The van der Waals surface area contributed by atoms with Crippen LogP contribution in [0.1, 0.15) is 23.0 Å². The highest BCUT2D eigenvalue weighted by Gasteiger charge is 2.62. The number of nitrogens with one attached hydrogen (secondary N) is 1. The molecule has 2 aliphatic rings. The molecule has 2 aliphatic heterocycles. The van der Waals surface area contributed by atoms with E-state index in [1.165, 1.54) is 24.5 Å². The molecule has 176 valence electrons. The van der Waals surface area contributed by atoms with E-state index < -0.39 is 42.1 Å². The second-order valence-electron chi connectivity index (χ2n) is 7.39. The largest absolute Gasteiger partial charge is 0.477 e. The third-order valence-corrected chi connectivity index (χ3v) is 6.26. The van der Waals surface area contributed by atoms with Gasteiger partial charge in [-0.2, -0.15) is 13.2 Å². The molecule has 3 atom stereocenters. The number of carbonyl (C=O) groups excluding carboxylic acids is 1. The number of rotatable bonds is 5. The van der Waals surface area contributed by atoms with Gasteiger partial charge < -0.3 is 20.5 Å². The first-order valence-electron chi connectivity index (χ1n) is 9.86. The van der Waals surface area contributed by atoms with Gasteiger partial charge in [0, 0.05) is 22.9 Å². The van der Waals surface area contributed by atoms with Gasteiger partial charge >= 0.3 is 6.18 Å². The minimum Gasteiger partial charge on any atom is -0.477 e. The van der Waals surface area contributed by atoms with Crippen molar-refractivity contribution in [3.8, 4) is 5.88 Å². The molecule has 0 spiro atoms. The molecule has 0 aliphatic carbocycles. The van der Waals surface area contributed by atoms with E-state index in [-0.39, 0.29) is 33.7 Å². The van der Waals surface area contributed by atoms with Crippen LogP contribution < -0.4 is 15.8 Å². The predicted octanol–water partition coefficient (Wildman–Crippen LogP) is 3.10. The number of hydrogen-bond donors (Lipinski definition) is 2. The van der Waals surface area contributed by atoms with E-state index in [2.05, 4.69) is 20.3 Å². The summed E-state index contributed by atoms with van der Waals surface area (Å²) in [6.07, 6.45) is -4.27. The first-order chi connectivity index (χ1) is 15.6. The topological polar surface area (TPSA) is 112 Å². The number of amidine groups is 1. The zero-order valence-corrected chi connectivity index (χ0v) is 18.0. The number of hydrogen-bond acceptors (Lipinski definition) is 8. The van der Waals surface area contributed by atoms with Gasteiger partial charge in [0.25, 0.3) is 5.91 Å².